The molecule has 1 rings (SSSR count). The Balaban J connectivity index is 2.13. The number of rotatable bonds is 12. The van der Waals surface area contributed by atoms with E-state index >= 15 is 0 Å². The van der Waals surface area contributed by atoms with E-state index in [9.17, 15) is 13.8 Å². The van der Waals surface area contributed by atoms with Gasteiger partial charge in [0.15, 0.2) is 11.6 Å². The van der Waals surface area contributed by atoms with Crippen LogP contribution >= 0.6 is 0 Å². The first-order chi connectivity index (χ1) is 11.1. The van der Waals surface area contributed by atoms with Crippen molar-refractivity contribution in [1.29, 1.82) is 0 Å². The monoisotopic (exact) mass is 338 g/mol. The first kappa shape index (κ1) is 20.0. The molecule has 0 radical (unpaired) electrons. The summed E-state index contributed by atoms with van der Waals surface area (Å²) in [4.78, 5) is 23.8. The van der Waals surface area contributed by atoms with Crippen LogP contribution in [0.25, 0.3) is 0 Å². The minimum absolute atomic E-state index is 0.127. The summed E-state index contributed by atoms with van der Waals surface area (Å²) in [5.74, 6) is -0.418. The van der Waals surface area contributed by atoms with E-state index in [4.69, 9.17) is 0 Å². The summed E-state index contributed by atoms with van der Waals surface area (Å²) >= 11 is 0. The maximum absolute atomic E-state index is 11.9. The Morgan fingerprint density at radius 1 is 0.783 bits per heavy atom. The molecule has 130 valence electrons. The molecule has 4 heteroatoms. The second kappa shape index (κ2) is 11.5. The van der Waals surface area contributed by atoms with Crippen LogP contribution in [0.1, 0.15) is 77.6 Å². The summed E-state index contributed by atoms with van der Waals surface area (Å²) in [6.45, 7) is 2.23. The molecule has 0 spiro atoms. The van der Waals surface area contributed by atoms with Gasteiger partial charge in [-0.15, -0.1) is 0 Å². The van der Waals surface area contributed by atoms with Crippen LogP contribution in [0.2, 0.25) is 0 Å². The molecule has 1 aliphatic rings. The van der Waals surface area contributed by atoms with E-state index < -0.39 is 10.8 Å². The zero-order chi connectivity index (χ0) is 17.1. The van der Waals surface area contributed by atoms with Gasteiger partial charge in [0.1, 0.15) is 0 Å². The Bertz CT molecular complexity index is 489. The number of hydrogen-bond donors (Lipinski definition) is 0. The molecular formula is C19H30O3S. The first-order valence-corrected chi connectivity index (χ1v) is 10.5. The van der Waals surface area contributed by atoms with Gasteiger partial charge in [0.2, 0.25) is 0 Å². The molecule has 0 amide bonds. The largest absolute Gasteiger partial charge is 0.290 e. The fraction of sp³-hybridized carbons (Fsp3) is 0.684. The van der Waals surface area contributed by atoms with Crippen molar-refractivity contribution in [2.24, 2.45) is 0 Å². The summed E-state index contributed by atoms with van der Waals surface area (Å²) in [7, 11) is -1.39. The van der Waals surface area contributed by atoms with E-state index in [1.165, 1.54) is 69.8 Å². The Morgan fingerprint density at radius 2 is 1.30 bits per heavy atom. The van der Waals surface area contributed by atoms with E-state index in [0.717, 1.165) is 12.8 Å². The quantitative estimate of drug-likeness (QED) is 0.385. The molecule has 1 atom stereocenters. The van der Waals surface area contributed by atoms with Crippen LogP contribution in [0.5, 0.6) is 0 Å². The van der Waals surface area contributed by atoms with Crippen molar-refractivity contribution in [3.63, 3.8) is 0 Å². The number of unbranched alkanes of at least 4 members (excludes halogenated alkanes) is 9. The van der Waals surface area contributed by atoms with Crippen LogP contribution in [-0.2, 0) is 20.4 Å². The van der Waals surface area contributed by atoms with Gasteiger partial charge in [-0.1, -0.05) is 64.7 Å². The molecule has 0 fully saturated rings. The van der Waals surface area contributed by atoms with Gasteiger partial charge in [-0.2, -0.15) is 0 Å². The molecule has 0 aliphatic heterocycles. The summed E-state index contributed by atoms with van der Waals surface area (Å²) in [5, 5.41) is 0. The van der Waals surface area contributed by atoms with Gasteiger partial charge < -0.3 is 0 Å². The maximum atomic E-state index is 11.9. The standard InChI is InChI=1S/C19H30O3S/c1-3-4-5-6-7-8-9-10-11-12-13-16-14-18(21)19(23(2)22)15-17(16)20/h14-15H,3-13H2,1-2H3. The number of allylic oxidation sites excluding steroid dienone is 4. The van der Waals surface area contributed by atoms with Crippen LogP contribution in [0.3, 0.4) is 0 Å². The molecule has 1 unspecified atom stereocenters. The molecule has 0 bridgehead atoms. The van der Waals surface area contributed by atoms with Crippen LogP contribution in [-0.4, -0.2) is 22.0 Å². The highest BCUT2D eigenvalue weighted by Gasteiger charge is 2.21. The van der Waals surface area contributed by atoms with Crippen molar-refractivity contribution in [3.05, 3.63) is 22.6 Å². The summed E-state index contributed by atoms with van der Waals surface area (Å²) in [5.41, 5.74) is 0.573. The molecule has 0 N–H and O–H groups in total. The van der Waals surface area contributed by atoms with Crippen LogP contribution in [0, 0.1) is 0 Å². The Morgan fingerprint density at radius 3 is 1.83 bits per heavy atom. The molecule has 3 nitrogen and oxygen atoms in total. The number of carbonyl (C=O) groups excluding carboxylic acids is 2. The van der Waals surface area contributed by atoms with Gasteiger partial charge in [0.25, 0.3) is 0 Å². The average Bonchev–Trinajstić information content (AvgIpc) is 2.51. The zero-order valence-corrected chi connectivity index (χ0v) is 15.4. The predicted octanol–water partition coefficient (Wildman–Crippen LogP) is 4.64. The van der Waals surface area contributed by atoms with Gasteiger partial charge in [-0.3, -0.25) is 13.8 Å². The summed E-state index contributed by atoms with van der Waals surface area (Å²) in [6, 6.07) is 0. The minimum atomic E-state index is -1.39. The predicted molar refractivity (Wildman–Crippen MR) is 96.7 cm³/mol. The van der Waals surface area contributed by atoms with E-state index in [0.29, 0.717) is 12.0 Å². The van der Waals surface area contributed by atoms with Gasteiger partial charge >= 0.3 is 0 Å². The third kappa shape index (κ3) is 7.87. The second-order valence-corrected chi connectivity index (χ2v) is 7.64. The third-order valence-corrected chi connectivity index (χ3v) is 5.17. The van der Waals surface area contributed by atoms with Gasteiger partial charge in [-0.05, 0) is 18.9 Å². The van der Waals surface area contributed by atoms with E-state index in [-0.39, 0.29) is 16.5 Å². The molecule has 1 aliphatic carbocycles. The lowest BCUT2D eigenvalue weighted by Crippen LogP contribution is -2.15. The van der Waals surface area contributed by atoms with Gasteiger partial charge in [0.05, 0.1) is 15.7 Å². The fourth-order valence-electron chi connectivity index (χ4n) is 2.81. The minimum Gasteiger partial charge on any atom is -0.290 e. The maximum Gasteiger partial charge on any atom is 0.195 e. The molecule has 0 aromatic carbocycles. The van der Waals surface area contributed by atoms with Gasteiger partial charge in [0, 0.05) is 17.9 Å². The van der Waals surface area contributed by atoms with Crippen molar-refractivity contribution >= 4 is 22.4 Å². The van der Waals surface area contributed by atoms with E-state index in [2.05, 4.69) is 6.92 Å². The molecule has 0 heterocycles. The molecule has 0 aromatic rings. The van der Waals surface area contributed by atoms with Gasteiger partial charge in [-0.25, -0.2) is 0 Å². The number of hydrogen-bond acceptors (Lipinski definition) is 3. The molecule has 0 aromatic heterocycles. The summed E-state index contributed by atoms with van der Waals surface area (Å²) in [6.07, 6.45) is 17.2. The van der Waals surface area contributed by atoms with E-state index in [1.807, 2.05) is 0 Å². The Kier molecular flexibility index (Phi) is 10.0. The zero-order valence-electron chi connectivity index (χ0n) is 14.6. The lowest BCUT2D eigenvalue weighted by molar-refractivity contribution is -0.114. The highest BCUT2D eigenvalue weighted by atomic mass is 32.2. The molecule has 0 saturated carbocycles. The van der Waals surface area contributed by atoms with Crippen molar-refractivity contribution in [3.8, 4) is 0 Å². The topological polar surface area (TPSA) is 51.2 Å². The van der Waals surface area contributed by atoms with Crippen LogP contribution in [0.4, 0.5) is 0 Å². The fourth-order valence-corrected chi connectivity index (χ4v) is 3.42. The highest BCUT2D eigenvalue weighted by molar-refractivity contribution is 7.89. The van der Waals surface area contributed by atoms with Crippen molar-refractivity contribution in [2.75, 3.05) is 6.26 Å². The second-order valence-electron chi connectivity index (χ2n) is 6.29. The number of carbonyl (C=O) groups is 2. The van der Waals surface area contributed by atoms with E-state index in [1.54, 1.807) is 0 Å². The van der Waals surface area contributed by atoms with Crippen LogP contribution < -0.4 is 0 Å². The lowest BCUT2D eigenvalue weighted by Gasteiger charge is -2.10. The molecular weight excluding hydrogens is 308 g/mol. The molecule has 23 heavy (non-hydrogen) atoms. The number of ketones is 2. The van der Waals surface area contributed by atoms with Crippen LogP contribution in [0.15, 0.2) is 22.6 Å². The van der Waals surface area contributed by atoms with Crippen molar-refractivity contribution < 1.29 is 13.8 Å². The SMILES string of the molecule is CCCCCCCCCCCCC1=CC(=O)C(S(C)=O)=CC1=O. The molecule has 0 saturated heterocycles. The smallest absolute Gasteiger partial charge is 0.195 e. The van der Waals surface area contributed by atoms with Crippen molar-refractivity contribution in [1.82, 2.24) is 0 Å². The van der Waals surface area contributed by atoms with Crippen molar-refractivity contribution in [2.45, 2.75) is 77.6 Å². The normalized spacial score (nSPS) is 16.3. The Labute approximate surface area is 143 Å². The Hall–Kier alpha value is -1.03. The lowest BCUT2D eigenvalue weighted by atomic mass is 9.97. The third-order valence-electron chi connectivity index (χ3n) is 4.24. The highest BCUT2D eigenvalue weighted by Crippen LogP contribution is 2.19. The summed E-state index contributed by atoms with van der Waals surface area (Å²) < 4.78 is 11.3. The average molecular weight is 339 g/mol. The first-order valence-electron chi connectivity index (χ1n) is 8.90.